The summed E-state index contributed by atoms with van der Waals surface area (Å²) in [6.45, 7) is 2.38. The molecule has 0 aromatic heterocycles. The van der Waals surface area contributed by atoms with Crippen molar-refractivity contribution in [2.24, 2.45) is 0 Å². The number of ether oxygens (including phenoxy) is 1. The van der Waals surface area contributed by atoms with E-state index in [1.54, 1.807) is 6.07 Å². The normalized spacial score (nSPS) is 17.5. The maximum absolute atomic E-state index is 12.3. The van der Waals surface area contributed by atoms with Crippen LogP contribution in [-0.4, -0.2) is 25.0 Å². The molecule has 3 rings (SSSR count). The van der Waals surface area contributed by atoms with Crippen LogP contribution in [0.5, 0.6) is 5.75 Å². The van der Waals surface area contributed by atoms with Gasteiger partial charge in [0, 0.05) is 18.2 Å². The highest BCUT2D eigenvalue weighted by atomic mass is 16.5. The van der Waals surface area contributed by atoms with Crippen molar-refractivity contribution in [1.29, 1.82) is 0 Å². The average Bonchev–Trinajstić information content (AvgIpc) is 2.62. The van der Waals surface area contributed by atoms with E-state index >= 15 is 0 Å². The van der Waals surface area contributed by atoms with Gasteiger partial charge in [-0.05, 0) is 43.1 Å². The van der Waals surface area contributed by atoms with Crippen LogP contribution in [0.15, 0.2) is 54.6 Å². The number of hydrogen-bond donors (Lipinski definition) is 2. The maximum atomic E-state index is 12.3. The molecule has 4 nitrogen and oxygen atoms in total. The summed E-state index contributed by atoms with van der Waals surface area (Å²) >= 11 is 0. The zero-order chi connectivity index (χ0) is 15.9. The molecule has 120 valence electrons. The topological polar surface area (TPSA) is 50.4 Å². The van der Waals surface area contributed by atoms with Crippen molar-refractivity contribution in [2.75, 3.05) is 13.1 Å². The van der Waals surface area contributed by atoms with E-state index in [4.69, 9.17) is 4.74 Å². The maximum Gasteiger partial charge on any atom is 0.251 e. The van der Waals surface area contributed by atoms with Gasteiger partial charge in [-0.25, -0.2) is 0 Å². The SMILES string of the molecule is O=C(N[C@@H]1CCCNC1)c1cccc(OCc2ccccc2)c1. The minimum Gasteiger partial charge on any atom is -0.489 e. The van der Waals surface area contributed by atoms with Gasteiger partial charge in [0.15, 0.2) is 0 Å². The third-order valence-electron chi connectivity index (χ3n) is 3.98. The summed E-state index contributed by atoms with van der Waals surface area (Å²) in [7, 11) is 0. The molecule has 1 heterocycles. The molecule has 0 aliphatic carbocycles. The average molecular weight is 310 g/mol. The lowest BCUT2D eigenvalue weighted by atomic mass is 10.1. The largest absolute Gasteiger partial charge is 0.489 e. The Hall–Kier alpha value is -2.33. The molecule has 1 amide bonds. The van der Waals surface area contributed by atoms with Crippen LogP contribution in [0.2, 0.25) is 0 Å². The van der Waals surface area contributed by atoms with Crippen molar-refractivity contribution >= 4 is 5.91 Å². The summed E-state index contributed by atoms with van der Waals surface area (Å²) in [5, 5.41) is 6.38. The number of rotatable bonds is 5. The zero-order valence-electron chi connectivity index (χ0n) is 13.1. The fourth-order valence-corrected chi connectivity index (χ4v) is 2.71. The summed E-state index contributed by atoms with van der Waals surface area (Å²) in [5.41, 5.74) is 1.75. The van der Waals surface area contributed by atoms with Crippen molar-refractivity contribution in [3.05, 3.63) is 65.7 Å². The van der Waals surface area contributed by atoms with E-state index in [-0.39, 0.29) is 11.9 Å². The Morgan fingerprint density at radius 3 is 2.83 bits per heavy atom. The Kier molecular flexibility index (Phi) is 5.27. The number of carbonyl (C=O) groups excluding carboxylic acids is 1. The summed E-state index contributed by atoms with van der Waals surface area (Å²) in [4.78, 5) is 12.3. The van der Waals surface area contributed by atoms with E-state index in [0.29, 0.717) is 17.9 Å². The van der Waals surface area contributed by atoms with E-state index in [1.807, 2.05) is 48.5 Å². The van der Waals surface area contributed by atoms with E-state index in [0.717, 1.165) is 31.5 Å². The molecular formula is C19H22N2O2. The number of hydrogen-bond acceptors (Lipinski definition) is 3. The first-order valence-electron chi connectivity index (χ1n) is 8.09. The minimum absolute atomic E-state index is 0.0381. The Bertz CT molecular complexity index is 637. The monoisotopic (exact) mass is 310 g/mol. The molecule has 1 atom stereocenters. The molecule has 2 aromatic rings. The van der Waals surface area contributed by atoms with E-state index in [9.17, 15) is 4.79 Å². The van der Waals surface area contributed by atoms with Gasteiger partial charge in [0.05, 0.1) is 0 Å². The Morgan fingerprint density at radius 2 is 2.04 bits per heavy atom. The van der Waals surface area contributed by atoms with Crippen LogP contribution in [0, 0.1) is 0 Å². The van der Waals surface area contributed by atoms with Crippen molar-refractivity contribution in [3.8, 4) is 5.75 Å². The lowest BCUT2D eigenvalue weighted by molar-refractivity contribution is 0.0930. The van der Waals surface area contributed by atoms with Crippen molar-refractivity contribution in [3.63, 3.8) is 0 Å². The molecule has 1 aliphatic rings. The second-order valence-electron chi connectivity index (χ2n) is 5.82. The van der Waals surface area contributed by atoms with Crippen LogP contribution in [0.25, 0.3) is 0 Å². The van der Waals surface area contributed by atoms with Gasteiger partial charge in [-0.1, -0.05) is 36.4 Å². The van der Waals surface area contributed by atoms with Crippen LogP contribution in [0.4, 0.5) is 0 Å². The Labute approximate surface area is 136 Å². The predicted molar refractivity (Wildman–Crippen MR) is 90.6 cm³/mol. The summed E-state index contributed by atoms with van der Waals surface area (Å²) in [6, 6.07) is 17.6. The summed E-state index contributed by atoms with van der Waals surface area (Å²) in [5.74, 6) is 0.673. The Balaban J connectivity index is 1.59. The number of benzene rings is 2. The second kappa shape index (κ2) is 7.79. The third kappa shape index (κ3) is 4.57. The van der Waals surface area contributed by atoms with Crippen LogP contribution in [-0.2, 0) is 6.61 Å². The number of amides is 1. The fourth-order valence-electron chi connectivity index (χ4n) is 2.71. The van der Waals surface area contributed by atoms with Crippen molar-refractivity contribution in [1.82, 2.24) is 10.6 Å². The minimum atomic E-state index is -0.0381. The predicted octanol–water partition coefficient (Wildman–Crippen LogP) is 2.75. The first-order chi connectivity index (χ1) is 11.3. The van der Waals surface area contributed by atoms with Gasteiger partial charge in [-0.15, -0.1) is 0 Å². The second-order valence-corrected chi connectivity index (χ2v) is 5.82. The molecule has 2 N–H and O–H groups in total. The van der Waals surface area contributed by atoms with Gasteiger partial charge in [-0.3, -0.25) is 4.79 Å². The fraction of sp³-hybridized carbons (Fsp3) is 0.316. The third-order valence-corrected chi connectivity index (χ3v) is 3.98. The number of piperidine rings is 1. The molecular weight excluding hydrogens is 288 g/mol. The highest BCUT2D eigenvalue weighted by molar-refractivity contribution is 5.94. The van der Waals surface area contributed by atoms with E-state index < -0.39 is 0 Å². The van der Waals surface area contributed by atoms with Crippen LogP contribution >= 0.6 is 0 Å². The molecule has 0 unspecified atom stereocenters. The van der Waals surface area contributed by atoms with Crippen LogP contribution < -0.4 is 15.4 Å². The quantitative estimate of drug-likeness (QED) is 0.893. The molecule has 0 saturated carbocycles. The Morgan fingerprint density at radius 1 is 1.17 bits per heavy atom. The first-order valence-corrected chi connectivity index (χ1v) is 8.09. The van der Waals surface area contributed by atoms with Gasteiger partial charge in [0.1, 0.15) is 12.4 Å². The highest BCUT2D eigenvalue weighted by Crippen LogP contribution is 2.16. The zero-order valence-corrected chi connectivity index (χ0v) is 13.1. The molecule has 4 heteroatoms. The molecule has 0 radical (unpaired) electrons. The van der Waals surface area contributed by atoms with Gasteiger partial charge < -0.3 is 15.4 Å². The van der Waals surface area contributed by atoms with Gasteiger partial charge in [-0.2, -0.15) is 0 Å². The lowest BCUT2D eigenvalue weighted by Gasteiger charge is -2.23. The molecule has 0 spiro atoms. The summed E-state index contributed by atoms with van der Waals surface area (Å²) < 4.78 is 5.78. The number of carbonyl (C=O) groups is 1. The van der Waals surface area contributed by atoms with Gasteiger partial charge in [0.2, 0.25) is 0 Å². The lowest BCUT2D eigenvalue weighted by Crippen LogP contribution is -2.45. The van der Waals surface area contributed by atoms with Crippen molar-refractivity contribution < 1.29 is 9.53 Å². The standard InChI is InChI=1S/C19H22N2O2/c22-19(21-17-9-5-11-20-13-17)16-8-4-10-18(12-16)23-14-15-6-2-1-3-7-15/h1-4,6-8,10,12,17,20H,5,9,11,13-14H2,(H,21,22)/t17-/m1/s1. The molecule has 23 heavy (non-hydrogen) atoms. The molecule has 1 saturated heterocycles. The van der Waals surface area contributed by atoms with E-state index in [2.05, 4.69) is 10.6 Å². The molecule has 1 aliphatic heterocycles. The van der Waals surface area contributed by atoms with Crippen LogP contribution in [0.3, 0.4) is 0 Å². The van der Waals surface area contributed by atoms with Gasteiger partial charge >= 0.3 is 0 Å². The molecule has 1 fully saturated rings. The van der Waals surface area contributed by atoms with Gasteiger partial charge in [0.25, 0.3) is 5.91 Å². The smallest absolute Gasteiger partial charge is 0.251 e. The number of nitrogens with one attached hydrogen (secondary N) is 2. The molecule has 0 bridgehead atoms. The van der Waals surface area contributed by atoms with E-state index in [1.165, 1.54) is 0 Å². The summed E-state index contributed by atoms with van der Waals surface area (Å²) in [6.07, 6.45) is 2.13. The van der Waals surface area contributed by atoms with Crippen LogP contribution in [0.1, 0.15) is 28.8 Å². The first kappa shape index (κ1) is 15.6. The highest BCUT2D eigenvalue weighted by Gasteiger charge is 2.16. The molecule has 2 aromatic carbocycles. The van der Waals surface area contributed by atoms with Crippen molar-refractivity contribution in [2.45, 2.75) is 25.5 Å².